The molecule has 1 atom stereocenters. The molecule has 4 rings (SSSR count). The van der Waals surface area contributed by atoms with Crippen LogP contribution in [-0.2, 0) is 0 Å². The molecule has 2 aliphatic heterocycles. The van der Waals surface area contributed by atoms with Crippen molar-refractivity contribution in [1.29, 1.82) is 0 Å². The molecule has 0 N–H and O–H groups in total. The minimum absolute atomic E-state index is 0.0649. The normalized spacial score (nSPS) is 22.8. The van der Waals surface area contributed by atoms with Gasteiger partial charge in [0.2, 0.25) is 0 Å². The Hall–Kier alpha value is -2.69. The first-order valence-corrected chi connectivity index (χ1v) is 7.67. The molecule has 1 aromatic heterocycles. The average molecular weight is 308 g/mol. The molecule has 3 heterocycles. The summed E-state index contributed by atoms with van der Waals surface area (Å²) in [5.41, 5.74) is 0.603. The summed E-state index contributed by atoms with van der Waals surface area (Å²) in [7, 11) is 0. The van der Waals surface area contributed by atoms with Crippen LogP contribution in [-0.4, -0.2) is 40.3 Å². The van der Waals surface area contributed by atoms with Crippen molar-refractivity contribution in [3.8, 4) is 5.75 Å². The number of carbonyl (C=O) groups is 2. The van der Waals surface area contributed by atoms with Gasteiger partial charge in [-0.1, -0.05) is 12.1 Å². The minimum atomic E-state index is -0.594. The van der Waals surface area contributed by atoms with Crippen LogP contribution in [0.4, 0.5) is 0 Å². The lowest BCUT2D eigenvalue weighted by molar-refractivity contribution is 0.0428. The molecule has 0 aliphatic carbocycles. The summed E-state index contributed by atoms with van der Waals surface area (Å²) in [6.07, 6.45) is 4.19. The smallest absolute Gasteiger partial charge is 0.255 e. The van der Waals surface area contributed by atoms with E-state index in [9.17, 15) is 9.59 Å². The monoisotopic (exact) mass is 308 g/mol. The number of rotatable bonds is 1. The predicted octanol–water partition coefficient (Wildman–Crippen LogP) is 2.33. The van der Waals surface area contributed by atoms with Crippen molar-refractivity contribution in [3.05, 3.63) is 59.9 Å². The van der Waals surface area contributed by atoms with Gasteiger partial charge in [0.15, 0.2) is 5.78 Å². The van der Waals surface area contributed by atoms with Gasteiger partial charge in [0.25, 0.3) is 5.91 Å². The van der Waals surface area contributed by atoms with Crippen molar-refractivity contribution in [1.82, 2.24) is 9.88 Å². The zero-order chi connectivity index (χ0) is 15.9. The lowest BCUT2D eigenvalue weighted by atomic mass is 9.89. The quantitative estimate of drug-likeness (QED) is 0.811. The standard InChI is InChI=1S/C18H16N2O3/c21-15-10-18(23-16-6-2-1-5-14(15)16)7-9-20(12-18)17(22)13-4-3-8-19-11-13/h1-6,8,11H,7,9-10,12H2/t18-/m1/s1. The largest absolute Gasteiger partial charge is 0.484 e. The number of ketones is 1. The van der Waals surface area contributed by atoms with E-state index >= 15 is 0 Å². The second-order valence-electron chi connectivity index (χ2n) is 6.10. The van der Waals surface area contributed by atoms with E-state index in [-0.39, 0.29) is 11.7 Å². The van der Waals surface area contributed by atoms with Gasteiger partial charge in [-0.2, -0.15) is 0 Å². The van der Waals surface area contributed by atoms with Crippen LogP contribution in [0.3, 0.4) is 0 Å². The van der Waals surface area contributed by atoms with E-state index in [1.807, 2.05) is 18.2 Å². The first-order valence-electron chi connectivity index (χ1n) is 7.67. The Labute approximate surface area is 133 Å². The molecule has 2 aliphatic rings. The number of likely N-dealkylation sites (tertiary alicyclic amines) is 1. The Morgan fingerprint density at radius 2 is 2.09 bits per heavy atom. The highest BCUT2D eigenvalue weighted by Gasteiger charge is 2.46. The number of aromatic nitrogens is 1. The number of fused-ring (bicyclic) bond motifs is 1. The number of benzene rings is 1. The molecule has 23 heavy (non-hydrogen) atoms. The molecule has 1 fully saturated rings. The molecule has 5 heteroatoms. The first kappa shape index (κ1) is 13.9. The maximum absolute atomic E-state index is 12.5. The summed E-state index contributed by atoms with van der Waals surface area (Å²) in [5.74, 6) is 0.645. The van der Waals surface area contributed by atoms with Gasteiger partial charge in [-0.05, 0) is 24.3 Å². The second-order valence-corrected chi connectivity index (χ2v) is 6.10. The highest BCUT2D eigenvalue weighted by molar-refractivity contribution is 6.00. The third-order valence-corrected chi connectivity index (χ3v) is 4.51. The van der Waals surface area contributed by atoms with Crippen LogP contribution in [0.2, 0.25) is 0 Å². The van der Waals surface area contributed by atoms with E-state index in [4.69, 9.17) is 4.74 Å². The maximum Gasteiger partial charge on any atom is 0.255 e. The Kier molecular flexibility index (Phi) is 3.15. The van der Waals surface area contributed by atoms with E-state index in [0.29, 0.717) is 42.8 Å². The summed E-state index contributed by atoms with van der Waals surface area (Å²) in [5, 5.41) is 0. The molecule has 2 aromatic rings. The fraction of sp³-hybridized carbons (Fsp3) is 0.278. The Morgan fingerprint density at radius 1 is 1.22 bits per heavy atom. The molecule has 1 aromatic carbocycles. The number of ether oxygens (including phenoxy) is 1. The highest BCUT2D eigenvalue weighted by Crippen LogP contribution is 2.38. The van der Waals surface area contributed by atoms with E-state index in [1.165, 1.54) is 0 Å². The maximum atomic E-state index is 12.5. The van der Waals surface area contributed by atoms with Crippen LogP contribution in [0.15, 0.2) is 48.8 Å². The van der Waals surface area contributed by atoms with Crippen LogP contribution in [0.5, 0.6) is 5.75 Å². The van der Waals surface area contributed by atoms with Gasteiger partial charge in [-0.25, -0.2) is 0 Å². The number of carbonyl (C=O) groups excluding carboxylic acids is 2. The molecule has 116 valence electrons. The molecule has 0 bridgehead atoms. The van der Waals surface area contributed by atoms with E-state index in [2.05, 4.69) is 4.98 Å². The summed E-state index contributed by atoms with van der Waals surface area (Å²) < 4.78 is 6.14. The van der Waals surface area contributed by atoms with Gasteiger partial charge in [0.05, 0.1) is 24.1 Å². The fourth-order valence-corrected chi connectivity index (χ4v) is 3.36. The van der Waals surface area contributed by atoms with Crippen molar-refractivity contribution in [2.45, 2.75) is 18.4 Å². The Balaban J connectivity index is 1.57. The number of hydrogen-bond donors (Lipinski definition) is 0. The van der Waals surface area contributed by atoms with Gasteiger partial charge in [-0.3, -0.25) is 14.6 Å². The highest BCUT2D eigenvalue weighted by atomic mass is 16.5. The van der Waals surface area contributed by atoms with Crippen molar-refractivity contribution >= 4 is 11.7 Å². The minimum Gasteiger partial charge on any atom is -0.484 e. The summed E-state index contributed by atoms with van der Waals surface area (Å²) >= 11 is 0. The van der Waals surface area contributed by atoms with Crippen LogP contribution in [0.25, 0.3) is 0 Å². The number of hydrogen-bond acceptors (Lipinski definition) is 4. The molecule has 1 saturated heterocycles. The van der Waals surface area contributed by atoms with Crippen molar-refractivity contribution in [2.24, 2.45) is 0 Å². The topological polar surface area (TPSA) is 59.5 Å². The van der Waals surface area contributed by atoms with E-state index in [0.717, 1.165) is 0 Å². The van der Waals surface area contributed by atoms with Gasteiger partial charge in [0, 0.05) is 25.4 Å². The summed E-state index contributed by atoms with van der Waals surface area (Å²) in [6.45, 7) is 1.02. The molecular formula is C18H16N2O3. The van der Waals surface area contributed by atoms with Gasteiger partial charge >= 0.3 is 0 Å². The average Bonchev–Trinajstić information content (AvgIpc) is 2.98. The molecule has 0 unspecified atom stereocenters. The zero-order valence-electron chi connectivity index (χ0n) is 12.6. The van der Waals surface area contributed by atoms with Crippen LogP contribution in [0.1, 0.15) is 33.6 Å². The molecule has 1 amide bonds. The van der Waals surface area contributed by atoms with E-state index < -0.39 is 5.60 Å². The second kappa shape index (κ2) is 5.19. The molecule has 5 nitrogen and oxygen atoms in total. The number of amides is 1. The van der Waals surface area contributed by atoms with Crippen molar-refractivity contribution in [3.63, 3.8) is 0 Å². The molecule has 0 radical (unpaired) electrons. The third kappa shape index (κ3) is 2.38. The lowest BCUT2D eigenvalue weighted by Crippen LogP contribution is -2.45. The SMILES string of the molecule is O=C1C[C@@]2(CCN(C(=O)c3cccnc3)C2)Oc2ccccc21. The van der Waals surface area contributed by atoms with Crippen LogP contribution < -0.4 is 4.74 Å². The zero-order valence-corrected chi connectivity index (χ0v) is 12.6. The first-order chi connectivity index (χ1) is 11.2. The van der Waals surface area contributed by atoms with Crippen molar-refractivity contribution < 1.29 is 14.3 Å². The van der Waals surface area contributed by atoms with Crippen LogP contribution >= 0.6 is 0 Å². The molecule has 1 spiro atoms. The fourth-order valence-electron chi connectivity index (χ4n) is 3.36. The summed E-state index contributed by atoms with van der Waals surface area (Å²) in [4.78, 5) is 30.7. The third-order valence-electron chi connectivity index (χ3n) is 4.51. The number of Topliss-reactive ketones (excluding diaryl/α,β-unsaturated/α-hetero) is 1. The Bertz CT molecular complexity index is 775. The van der Waals surface area contributed by atoms with Gasteiger partial charge < -0.3 is 9.64 Å². The number of para-hydroxylation sites is 1. The lowest BCUT2D eigenvalue weighted by Gasteiger charge is -2.34. The number of pyridine rings is 1. The predicted molar refractivity (Wildman–Crippen MR) is 83.5 cm³/mol. The van der Waals surface area contributed by atoms with E-state index in [1.54, 1.807) is 35.5 Å². The number of nitrogens with zero attached hydrogens (tertiary/aromatic N) is 2. The Morgan fingerprint density at radius 3 is 2.91 bits per heavy atom. The summed E-state index contributed by atoms with van der Waals surface area (Å²) in [6, 6.07) is 10.8. The van der Waals surface area contributed by atoms with Gasteiger partial charge in [0.1, 0.15) is 11.4 Å². The molecule has 0 saturated carbocycles. The van der Waals surface area contributed by atoms with Crippen LogP contribution in [0, 0.1) is 0 Å². The molecular weight excluding hydrogens is 292 g/mol. The van der Waals surface area contributed by atoms with Gasteiger partial charge in [-0.15, -0.1) is 0 Å². The van der Waals surface area contributed by atoms with Crippen molar-refractivity contribution in [2.75, 3.05) is 13.1 Å².